The van der Waals surface area contributed by atoms with Gasteiger partial charge < -0.3 is 20.0 Å². The smallest absolute Gasteiger partial charge is 0.346 e. The van der Waals surface area contributed by atoms with Crippen LogP contribution in [0.3, 0.4) is 0 Å². The highest BCUT2D eigenvalue weighted by Crippen LogP contribution is 2.41. The fraction of sp³-hybridized carbons (Fsp3) is 0.353. The molecular weight excluding hydrogens is 937 g/mol. The van der Waals surface area contributed by atoms with Gasteiger partial charge in [0.1, 0.15) is 11.6 Å². The number of carbonyl (C=O) groups is 2. The van der Waals surface area contributed by atoms with Crippen molar-refractivity contribution in [3.63, 3.8) is 0 Å². The van der Waals surface area contributed by atoms with Crippen LogP contribution in [0.5, 0.6) is 0 Å². The highest BCUT2D eigenvalue weighted by molar-refractivity contribution is 5.98. The van der Waals surface area contributed by atoms with Gasteiger partial charge in [0.05, 0.1) is 17.9 Å². The van der Waals surface area contributed by atoms with Crippen LogP contribution in [0.2, 0.25) is 0 Å². The van der Waals surface area contributed by atoms with E-state index in [-0.39, 0.29) is 11.3 Å². The molecule has 8 nitrogen and oxygen atoms in total. The number of nitrogens with zero attached hydrogens (tertiary/aromatic N) is 4. The molecule has 394 valence electrons. The molecule has 2 N–H and O–H groups in total. The van der Waals surface area contributed by atoms with Crippen LogP contribution in [-0.4, -0.2) is 22.2 Å². The Kier molecular flexibility index (Phi) is 24.2. The van der Waals surface area contributed by atoms with Gasteiger partial charge in [-0.2, -0.15) is 5.26 Å². The topological polar surface area (TPSA) is 109 Å². The summed E-state index contributed by atoms with van der Waals surface area (Å²) in [4.78, 5) is 31.6. The second-order valence-electron chi connectivity index (χ2n) is 20.0. The number of anilines is 6. The fourth-order valence-electron chi connectivity index (χ4n) is 9.93. The van der Waals surface area contributed by atoms with Crippen LogP contribution in [0.25, 0.3) is 28.1 Å². The van der Waals surface area contributed by atoms with Crippen LogP contribution in [0.15, 0.2) is 157 Å². The van der Waals surface area contributed by atoms with E-state index in [1.54, 1.807) is 0 Å². The minimum atomic E-state index is -1.28. The zero-order valence-electron chi connectivity index (χ0n) is 45.1. The number of carboxylic acid groups (broad SMARTS) is 2. The van der Waals surface area contributed by atoms with Gasteiger partial charge in [-0.3, -0.25) is 4.79 Å². The summed E-state index contributed by atoms with van der Waals surface area (Å²) in [6, 6.07) is 50.8. The number of hydrogen-bond donors (Lipinski definition) is 2. The lowest BCUT2D eigenvalue weighted by atomic mass is 10.0. The minimum absolute atomic E-state index is 0.346. The zero-order valence-corrected chi connectivity index (χ0v) is 45.1. The number of rotatable bonds is 33. The van der Waals surface area contributed by atoms with E-state index in [1.165, 1.54) is 139 Å². The Bertz CT molecular complexity index is 2670. The molecule has 0 atom stereocenters. The van der Waals surface area contributed by atoms with Gasteiger partial charge in [-0.05, 0) is 126 Å². The average molecular weight is 1020 g/mol. The highest BCUT2D eigenvalue weighted by Gasteiger charge is 2.20. The van der Waals surface area contributed by atoms with E-state index >= 15 is 0 Å². The van der Waals surface area contributed by atoms with Gasteiger partial charge in [-0.15, -0.1) is 0 Å². The summed E-state index contributed by atoms with van der Waals surface area (Å²) < 4.78 is 0. The quantitative estimate of drug-likeness (QED) is 0.0183. The molecule has 8 heteroatoms. The molecule has 6 rings (SSSR count). The maximum Gasteiger partial charge on any atom is 0.346 e. The van der Waals surface area contributed by atoms with E-state index in [4.69, 9.17) is 6.57 Å². The first-order chi connectivity index (χ1) is 37.2. The first-order valence-electron chi connectivity index (χ1n) is 28.1. The molecule has 0 aliphatic rings. The number of unbranched alkanes of at least 4 members (excludes halogenated alkanes) is 18. The van der Waals surface area contributed by atoms with Gasteiger partial charge in [0.2, 0.25) is 0 Å². The largest absolute Gasteiger partial charge is 0.486 e. The van der Waals surface area contributed by atoms with Crippen LogP contribution < -0.4 is 9.80 Å². The van der Waals surface area contributed by atoms with Crippen molar-refractivity contribution in [2.75, 3.05) is 9.80 Å². The molecule has 0 heterocycles. The fourth-order valence-corrected chi connectivity index (χ4v) is 9.93. The van der Waals surface area contributed by atoms with E-state index in [9.17, 15) is 25.1 Å². The highest BCUT2D eigenvalue weighted by atomic mass is 16.4. The van der Waals surface area contributed by atoms with Crippen molar-refractivity contribution < 1.29 is 19.8 Å². The van der Waals surface area contributed by atoms with Crippen LogP contribution in [0.4, 0.5) is 34.1 Å². The maximum absolute atomic E-state index is 12.0. The number of hydrogen-bond acceptors (Lipinski definition) is 5. The third-order valence-corrected chi connectivity index (χ3v) is 14.2. The van der Waals surface area contributed by atoms with Crippen LogP contribution >= 0.6 is 0 Å². The summed E-state index contributed by atoms with van der Waals surface area (Å²) in [5.41, 5.74) is 10.1. The number of carboxylic acids is 2. The van der Waals surface area contributed by atoms with Gasteiger partial charge in [0.15, 0.2) is 0 Å². The lowest BCUT2D eigenvalue weighted by molar-refractivity contribution is -0.133. The van der Waals surface area contributed by atoms with Gasteiger partial charge in [0.25, 0.3) is 5.70 Å². The summed E-state index contributed by atoms with van der Waals surface area (Å²) >= 11 is 0. The van der Waals surface area contributed by atoms with Crippen molar-refractivity contribution in [1.29, 1.82) is 5.26 Å². The summed E-state index contributed by atoms with van der Waals surface area (Å²) in [6.45, 7) is 12.1. The number of para-hydroxylation sites is 2. The molecule has 0 unspecified atom stereocenters. The van der Waals surface area contributed by atoms with Crippen molar-refractivity contribution >= 4 is 58.2 Å². The molecule has 0 saturated carbocycles. The summed E-state index contributed by atoms with van der Waals surface area (Å²) in [5, 5.41) is 29.4. The van der Waals surface area contributed by atoms with Crippen molar-refractivity contribution in [3.05, 3.63) is 191 Å². The molecule has 76 heavy (non-hydrogen) atoms. The molecule has 0 saturated heterocycles. The van der Waals surface area contributed by atoms with Gasteiger partial charge >= 0.3 is 11.9 Å². The molecule has 0 aliphatic heterocycles. The SMILES string of the molecule is [C-]#[N+]C(=Cc1ccccc1N(c1ccc(CCCCCCCCCCCC)cc1)c1ccc(-c2ccc(N(c3ccc(CCCCCCCCCCCC)cc3)c3ccccc3C=C(C#N)C(=O)O)cc2)cc1)C(=O)O. The van der Waals surface area contributed by atoms with Crippen LogP contribution in [-0.2, 0) is 22.4 Å². The van der Waals surface area contributed by atoms with E-state index < -0.39 is 11.9 Å². The van der Waals surface area contributed by atoms with Gasteiger partial charge in [-0.25, -0.2) is 9.64 Å². The monoisotopic (exact) mass is 1010 g/mol. The Morgan fingerprint density at radius 3 is 1.12 bits per heavy atom. The predicted molar refractivity (Wildman–Crippen MR) is 316 cm³/mol. The Labute approximate surface area is 453 Å². The number of aliphatic carboxylic acids is 2. The second kappa shape index (κ2) is 31.9. The normalized spacial score (nSPS) is 11.5. The van der Waals surface area contributed by atoms with Crippen molar-refractivity contribution in [2.24, 2.45) is 0 Å². The molecule has 6 aromatic carbocycles. The standard InChI is InChI=1S/C68H78N4O4/c1-4-6-8-10-12-14-16-18-20-22-28-53-34-42-60(43-35-53)71(65-32-26-24-30-57(65)50-59(52-69)67(73)74)62-46-38-55(39-47-62)56-40-48-63(49-41-56)72(66-33-27-25-31-58(66)51-64(70-3)68(75)76)61-44-36-54(37-45-61)29-23-21-19-17-15-13-11-9-7-5-2/h24-27,30-51H,4-23,28-29H2,1-2H3,(H,73,74)(H,75,76). The van der Waals surface area contributed by atoms with Gasteiger partial charge in [0, 0.05) is 28.3 Å². The van der Waals surface area contributed by atoms with E-state index in [0.29, 0.717) is 11.1 Å². The lowest BCUT2D eigenvalue weighted by Crippen LogP contribution is -2.12. The number of benzene rings is 6. The van der Waals surface area contributed by atoms with E-state index in [0.717, 1.165) is 70.9 Å². The number of nitriles is 1. The zero-order chi connectivity index (χ0) is 53.7. The maximum atomic E-state index is 12.0. The molecule has 0 amide bonds. The molecule has 0 radical (unpaired) electrons. The molecule has 0 aromatic heterocycles. The lowest BCUT2D eigenvalue weighted by Gasteiger charge is -2.28. The Balaban J connectivity index is 1.24. The average Bonchev–Trinajstić information content (AvgIpc) is 3.44. The Morgan fingerprint density at radius 2 is 0.789 bits per heavy atom. The summed E-state index contributed by atoms with van der Waals surface area (Å²) in [5.74, 6) is -2.55. The Hall–Kier alpha value is -7.68. The second-order valence-corrected chi connectivity index (χ2v) is 20.0. The third-order valence-electron chi connectivity index (χ3n) is 14.2. The molecule has 6 aromatic rings. The van der Waals surface area contributed by atoms with Crippen LogP contribution in [0.1, 0.15) is 165 Å². The number of aryl methyl sites for hydroxylation is 2. The first kappa shape index (κ1) is 57.6. The van der Waals surface area contributed by atoms with Crippen molar-refractivity contribution in [2.45, 2.75) is 155 Å². The Morgan fingerprint density at radius 1 is 0.461 bits per heavy atom. The van der Waals surface area contributed by atoms with Crippen molar-refractivity contribution in [3.8, 4) is 17.2 Å². The first-order valence-corrected chi connectivity index (χ1v) is 28.1. The molecule has 0 fully saturated rings. The summed E-state index contributed by atoms with van der Waals surface area (Å²) in [7, 11) is 0. The minimum Gasteiger partial charge on any atom is -0.486 e. The molecule has 0 bridgehead atoms. The molecule has 0 spiro atoms. The van der Waals surface area contributed by atoms with Gasteiger partial charge in [-0.1, -0.05) is 214 Å². The predicted octanol–water partition coefficient (Wildman–Crippen LogP) is 19.6. The molecule has 0 aliphatic carbocycles. The van der Waals surface area contributed by atoms with Crippen molar-refractivity contribution in [1.82, 2.24) is 0 Å². The summed E-state index contributed by atoms with van der Waals surface area (Å²) in [6.07, 6.45) is 30.8. The van der Waals surface area contributed by atoms with E-state index in [1.807, 2.05) is 54.6 Å². The van der Waals surface area contributed by atoms with E-state index in [2.05, 4.69) is 126 Å². The van der Waals surface area contributed by atoms with Crippen LogP contribution in [0, 0.1) is 17.9 Å². The molecular formula is C68H78N4O4. The third kappa shape index (κ3) is 17.7.